The molecule has 1 amide bonds. The SMILES string of the molecule is C#CCn1nc(CNC(=O)CCCCl)c2ccccc2c1=O. The number of aromatic nitrogens is 2. The number of benzene rings is 1. The van der Waals surface area contributed by atoms with E-state index in [1.165, 1.54) is 4.68 Å². The lowest BCUT2D eigenvalue weighted by Gasteiger charge is -2.10. The van der Waals surface area contributed by atoms with Gasteiger partial charge in [-0.1, -0.05) is 24.1 Å². The molecule has 0 bridgehead atoms. The fraction of sp³-hybridized carbons (Fsp3) is 0.312. The number of rotatable bonds is 6. The molecule has 0 fully saturated rings. The molecular formula is C16H16ClN3O2. The average molecular weight is 318 g/mol. The van der Waals surface area contributed by atoms with Crippen LogP contribution in [0.1, 0.15) is 18.5 Å². The van der Waals surface area contributed by atoms with Crippen LogP contribution in [0.2, 0.25) is 0 Å². The second-order valence-corrected chi connectivity index (χ2v) is 5.11. The molecule has 22 heavy (non-hydrogen) atoms. The predicted molar refractivity (Wildman–Crippen MR) is 86.6 cm³/mol. The number of hydrogen-bond acceptors (Lipinski definition) is 3. The molecular weight excluding hydrogens is 302 g/mol. The molecule has 0 aliphatic rings. The second kappa shape index (κ2) is 7.62. The summed E-state index contributed by atoms with van der Waals surface area (Å²) in [6, 6.07) is 7.15. The number of hydrogen-bond donors (Lipinski definition) is 1. The van der Waals surface area contributed by atoms with Gasteiger partial charge in [0.1, 0.15) is 6.54 Å². The molecule has 0 aliphatic heterocycles. The van der Waals surface area contributed by atoms with Gasteiger partial charge in [0.05, 0.1) is 17.6 Å². The maximum absolute atomic E-state index is 12.3. The molecule has 0 spiro atoms. The largest absolute Gasteiger partial charge is 0.350 e. The molecule has 0 saturated heterocycles. The number of halogens is 1. The molecule has 2 aromatic rings. The number of amides is 1. The average Bonchev–Trinajstić information content (AvgIpc) is 2.54. The zero-order chi connectivity index (χ0) is 15.9. The molecule has 1 aromatic heterocycles. The van der Waals surface area contributed by atoms with Gasteiger partial charge in [-0.2, -0.15) is 5.10 Å². The summed E-state index contributed by atoms with van der Waals surface area (Å²) < 4.78 is 1.24. The van der Waals surface area contributed by atoms with Crippen molar-refractivity contribution in [2.45, 2.75) is 25.9 Å². The predicted octanol–water partition coefficient (Wildman–Crippen LogP) is 1.66. The number of carbonyl (C=O) groups excluding carboxylic acids is 1. The summed E-state index contributed by atoms with van der Waals surface area (Å²) in [5.74, 6) is 2.76. The molecule has 1 N–H and O–H groups in total. The van der Waals surface area contributed by atoms with Gasteiger partial charge >= 0.3 is 0 Å². The van der Waals surface area contributed by atoms with Gasteiger partial charge in [-0.3, -0.25) is 9.59 Å². The standard InChI is InChI=1S/C16H16ClN3O2/c1-2-10-20-16(22)13-7-4-3-6-12(13)14(19-20)11-18-15(21)8-5-9-17/h1,3-4,6-7H,5,8-11H2,(H,18,21). The number of nitrogens with zero attached hydrogens (tertiary/aromatic N) is 2. The molecule has 0 aliphatic carbocycles. The van der Waals surface area contributed by atoms with E-state index in [9.17, 15) is 9.59 Å². The van der Waals surface area contributed by atoms with Crippen molar-refractivity contribution in [3.63, 3.8) is 0 Å². The summed E-state index contributed by atoms with van der Waals surface area (Å²) in [6.45, 7) is 0.337. The first kappa shape index (κ1) is 16.1. The van der Waals surface area contributed by atoms with Gasteiger partial charge in [-0.15, -0.1) is 18.0 Å². The molecule has 2 rings (SSSR count). The monoisotopic (exact) mass is 317 g/mol. The van der Waals surface area contributed by atoms with E-state index in [1.54, 1.807) is 12.1 Å². The molecule has 0 atom stereocenters. The highest BCUT2D eigenvalue weighted by atomic mass is 35.5. The summed E-state index contributed by atoms with van der Waals surface area (Å²) in [4.78, 5) is 23.9. The number of fused-ring (bicyclic) bond motifs is 1. The second-order valence-electron chi connectivity index (χ2n) is 4.73. The van der Waals surface area contributed by atoms with Crippen LogP contribution in [-0.2, 0) is 17.9 Å². The summed E-state index contributed by atoms with van der Waals surface area (Å²) in [5.41, 5.74) is 0.385. The molecule has 1 heterocycles. The quantitative estimate of drug-likeness (QED) is 0.651. The highest BCUT2D eigenvalue weighted by Gasteiger charge is 2.10. The Morgan fingerprint density at radius 2 is 2.09 bits per heavy atom. The Morgan fingerprint density at radius 1 is 1.36 bits per heavy atom. The van der Waals surface area contributed by atoms with Crippen molar-refractivity contribution < 1.29 is 4.79 Å². The van der Waals surface area contributed by atoms with Crippen LogP contribution in [0.25, 0.3) is 10.8 Å². The van der Waals surface area contributed by atoms with Gasteiger partial charge in [-0.25, -0.2) is 4.68 Å². The van der Waals surface area contributed by atoms with Crippen LogP contribution >= 0.6 is 11.6 Å². The summed E-state index contributed by atoms with van der Waals surface area (Å²) >= 11 is 5.56. The van der Waals surface area contributed by atoms with E-state index in [-0.39, 0.29) is 24.6 Å². The van der Waals surface area contributed by atoms with Crippen molar-refractivity contribution in [3.8, 4) is 12.3 Å². The topological polar surface area (TPSA) is 64.0 Å². The van der Waals surface area contributed by atoms with E-state index in [2.05, 4.69) is 16.3 Å². The summed E-state index contributed by atoms with van der Waals surface area (Å²) in [5, 5.41) is 8.31. The highest BCUT2D eigenvalue weighted by molar-refractivity contribution is 6.17. The molecule has 114 valence electrons. The van der Waals surface area contributed by atoms with Crippen molar-refractivity contribution in [1.29, 1.82) is 0 Å². The zero-order valence-electron chi connectivity index (χ0n) is 12.0. The smallest absolute Gasteiger partial charge is 0.275 e. The number of alkyl halides is 1. The fourth-order valence-electron chi connectivity index (χ4n) is 2.13. The molecule has 0 saturated carbocycles. The molecule has 0 radical (unpaired) electrons. The van der Waals surface area contributed by atoms with E-state index in [0.29, 0.717) is 29.8 Å². The van der Waals surface area contributed by atoms with Crippen molar-refractivity contribution >= 4 is 28.3 Å². The summed E-state index contributed by atoms with van der Waals surface area (Å²) in [6.07, 6.45) is 6.26. The van der Waals surface area contributed by atoms with Gasteiger partial charge < -0.3 is 5.32 Å². The maximum Gasteiger partial charge on any atom is 0.275 e. The van der Waals surface area contributed by atoms with E-state index < -0.39 is 0 Å². The summed E-state index contributed by atoms with van der Waals surface area (Å²) in [7, 11) is 0. The lowest BCUT2D eigenvalue weighted by molar-refractivity contribution is -0.121. The van der Waals surface area contributed by atoms with E-state index >= 15 is 0 Å². The maximum atomic E-state index is 12.3. The third-order valence-corrected chi connectivity index (χ3v) is 3.44. The van der Waals surface area contributed by atoms with Crippen LogP contribution in [0.15, 0.2) is 29.1 Å². The van der Waals surface area contributed by atoms with Gasteiger partial charge in [0.25, 0.3) is 5.56 Å². The minimum atomic E-state index is -0.231. The van der Waals surface area contributed by atoms with Crippen LogP contribution in [0, 0.1) is 12.3 Å². The lowest BCUT2D eigenvalue weighted by Crippen LogP contribution is -2.28. The van der Waals surface area contributed by atoms with Crippen LogP contribution in [-0.4, -0.2) is 21.6 Å². The first-order valence-corrected chi connectivity index (χ1v) is 7.45. The van der Waals surface area contributed by atoms with E-state index in [1.807, 2.05) is 12.1 Å². The molecule has 1 aromatic carbocycles. The number of terminal acetylenes is 1. The van der Waals surface area contributed by atoms with Crippen LogP contribution in [0.3, 0.4) is 0 Å². The Kier molecular flexibility index (Phi) is 5.56. The highest BCUT2D eigenvalue weighted by Crippen LogP contribution is 2.13. The number of carbonyl (C=O) groups is 1. The Balaban J connectivity index is 2.32. The zero-order valence-corrected chi connectivity index (χ0v) is 12.8. The van der Waals surface area contributed by atoms with Gasteiger partial charge in [0, 0.05) is 17.7 Å². The Labute approximate surface area is 133 Å². The Hall–Kier alpha value is -2.32. The van der Waals surface area contributed by atoms with Crippen molar-refractivity contribution in [1.82, 2.24) is 15.1 Å². The van der Waals surface area contributed by atoms with Crippen molar-refractivity contribution in [2.75, 3.05) is 5.88 Å². The third-order valence-electron chi connectivity index (χ3n) is 3.18. The van der Waals surface area contributed by atoms with Gasteiger partial charge in [0.2, 0.25) is 5.91 Å². The lowest BCUT2D eigenvalue weighted by atomic mass is 10.1. The van der Waals surface area contributed by atoms with Gasteiger partial charge in [-0.05, 0) is 12.5 Å². The third kappa shape index (κ3) is 3.66. The molecule has 6 heteroatoms. The minimum absolute atomic E-state index is 0.0941. The first-order valence-electron chi connectivity index (χ1n) is 6.92. The molecule has 0 unspecified atom stereocenters. The Bertz CT molecular complexity index is 777. The minimum Gasteiger partial charge on any atom is -0.350 e. The Morgan fingerprint density at radius 3 is 2.77 bits per heavy atom. The van der Waals surface area contributed by atoms with E-state index in [4.69, 9.17) is 18.0 Å². The fourth-order valence-corrected chi connectivity index (χ4v) is 2.26. The number of nitrogens with one attached hydrogen (secondary N) is 1. The normalized spacial score (nSPS) is 10.4. The van der Waals surface area contributed by atoms with Crippen LogP contribution in [0.4, 0.5) is 0 Å². The van der Waals surface area contributed by atoms with Crippen LogP contribution in [0.5, 0.6) is 0 Å². The van der Waals surface area contributed by atoms with Gasteiger partial charge in [0.15, 0.2) is 0 Å². The molecule has 5 nitrogen and oxygen atoms in total. The first-order chi connectivity index (χ1) is 10.7. The van der Waals surface area contributed by atoms with Crippen LogP contribution < -0.4 is 10.9 Å². The van der Waals surface area contributed by atoms with Crippen molar-refractivity contribution in [2.24, 2.45) is 0 Å². The van der Waals surface area contributed by atoms with E-state index in [0.717, 1.165) is 5.39 Å². The van der Waals surface area contributed by atoms with Crippen molar-refractivity contribution in [3.05, 3.63) is 40.3 Å².